The van der Waals surface area contributed by atoms with Crippen molar-refractivity contribution in [3.8, 4) is 0 Å². The van der Waals surface area contributed by atoms with E-state index < -0.39 is 18.0 Å². The molecular weight excluding hydrogens is 547 g/mol. The summed E-state index contributed by atoms with van der Waals surface area (Å²) in [7, 11) is 0. The summed E-state index contributed by atoms with van der Waals surface area (Å²) in [5.74, 6) is 1.62. The Morgan fingerprint density at radius 2 is 0.958 bits per heavy atom. The summed E-state index contributed by atoms with van der Waals surface area (Å²) in [6.45, 7) is 0. The van der Waals surface area contributed by atoms with Crippen molar-refractivity contribution in [2.24, 2.45) is 17.8 Å². The molecule has 1 aliphatic carbocycles. The van der Waals surface area contributed by atoms with Crippen molar-refractivity contribution in [1.82, 2.24) is 0 Å². The van der Waals surface area contributed by atoms with E-state index in [0.717, 1.165) is 38.5 Å². The molecule has 0 amide bonds. The van der Waals surface area contributed by atoms with Crippen LogP contribution in [0.4, 0.5) is 0 Å². The zero-order chi connectivity index (χ0) is 18.6. The van der Waals surface area contributed by atoms with Crippen LogP contribution in [-0.4, -0.2) is 18.0 Å². The highest BCUT2D eigenvalue weighted by Gasteiger charge is 2.36. The van der Waals surface area contributed by atoms with Gasteiger partial charge in [0.15, 0.2) is 0 Å². The molecule has 0 aromatic carbocycles. The van der Waals surface area contributed by atoms with Crippen LogP contribution in [0.15, 0.2) is 0 Å². The fourth-order valence-corrected chi connectivity index (χ4v) is 8.56. The molecule has 1 fully saturated rings. The first-order chi connectivity index (χ1) is 10.8. The zero-order valence-electron chi connectivity index (χ0n) is 13.0. The Hall–Kier alpha value is 3.26. The molecule has 0 saturated heterocycles. The van der Waals surface area contributed by atoms with Crippen LogP contribution in [0.25, 0.3) is 0 Å². The number of hydrogen-bond acceptors (Lipinski definition) is 0. The predicted octanol–water partition coefficient (Wildman–Crippen LogP) is 9.16. The number of rotatable bonds is 9. The van der Waals surface area contributed by atoms with E-state index in [1.54, 1.807) is 0 Å². The van der Waals surface area contributed by atoms with E-state index >= 15 is 0 Å². The molecule has 0 nitrogen and oxygen atoms in total. The van der Waals surface area contributed by atoms with Crippen LogP contribution >= 0.6 is 99.7 Å². The quantitative estimate of drug-likeness (QED) is 0.192. The second-order valence-electron chi connectivity index (χ2n) is 6.66. The van der Waals surface area contributed by atoms with Crippen molar-refractivity contribution in [2.45, 2.75) is 56.7 Å². The molecule has 0 aliphatic heterocycles. The van der Waals surface area contributed by atoms with Crippen molar-refractivity contribution in [3.63, 3.8) is 0 Å². The van der Waals surface area contributed by atoms with E-state index in [-0.39, 0.29) is 0 Å². The molecule has 0 spiro atoms. The molecule has 1 rings (SSSR count). The van der Waals surface area contributed by atoms with Gasteiger partial charge in [-0.25, -0.2) is 0 Å². The Labute approximate surface area is 190 Å². The lowest BCUT2D eigenvalue weighted by Crippen LogP contribution is -2.28. The average Bonchev–Trinajstić information content (AvgIpc) is 2.39. The van der Waals surface area contributed by atoms with Crippen molar-refractivity contribution in [2.75, 3.05) is 0 Å². The third-order valence-electron chi connectivity index (χ3n) is 4.68. The molecule has 1 aliphatic rings. The van der Waals surface area contributed by atoms with E-state index in [2.05, 4.69) is 0 Å². The van der Waals surface area contributed by atoms with Crippen molar-refractivity contribution in [3.05, 3.63) is 0 Å². The van der Waals surface area contributed by atoms with Crippen LogP contribution in [0.3, 0.4) is 0 Å². The largest absolute Gasteiger partial charge is 0.341 e. The van der Waals surface area contributed by atoms with Crippen molar-refractivity contribution >= 4 is 118 Å². The first kappa shape index (κ1) is 25.3. The first-order valence-electron chi connectivity index (χ1n) is 7.95. The Kier molecular flexibility index (Phi) is 11.5. The van der Waals surface area contributed by atoms with Gasteiger partial charge in [0.05, 0.1) is 0 Å². The molecule has 0 bridgehead atoms. The van der Waals surface area contributed by atoms with Gasteiger partial charge in [-0.1, -0.05) is 6.42 Å². The highest BCUT2D eigenvalue weighted by atomic mass is 35.9. The molecular formula is C12H21Cl9Si3. The maximum Gasteiger partial charge on any atom is 0.341 e. The lowest BCUT2D eigenvalue weighted by atomic mass is 9.71. The summed E-state index contributed by atoms with van der Waals surface area (Å²) in [6, 6.07) is -5.68. The average molecular weight is 569 g/mol. The van der Waals surface area contributed by atoms with Gasteiger partial charge in [-0.05, 0) is 68.0 Å². The Morgan fingerprint density at radius 3 is 1.42 bits per heavy atom. The Morgan fingerprint density at radius 1 is 0.542 bits per heavy atom. The van der Waals surface area contributed by atoms with Crippen molar-refractivity contribution < 1.29 is 0 Å². The van der Waals surface area contributed by atoms with Gasteiger partial charge in [0, 0.05) is 0 Å². The Bertz CT molecular complexity index is 377. The van der Waals surface area contributed by atoms with Gasteiger partial charge in [-0.2, -0.15) is 0 Å². The highest BCUT2D eigenvalue weighted by molar-refractivity contribution is 7.65. The van der Waals surface area contributed by atoms with Gasteiger partial charge in [0.25, 0.3) is 0 Å². The van der Waals surface area contributed by atoms with Gasteiger partial charge >= 0.3 is 18.0 Å². The minimum atomic E-state index is -2.61. The van der Waals surface area contributed by atoms with E-state index in [0.29, 0.717) is 35.9 Å². The molecule has 0 aromatic heterocycles. The fourth-order valence-electron chi connectivity index (χ4n) is 3.49. The topological polar surface area (TPSA) is 0 Å². The summed E-state index contributed by atoms with van der Waals surface area (Å²) in [5.41, 5.74) is 0. The van der Waals surface area contributed by atoms with Crippen LogP contribution in [0.2, 0.25) is 18.1 Å². The highest BCUT2D eigenvalue weighted by Crippen LogP contribution is 2.45. The number of hydrogen-bond donors (Lipinski definition) is 0. The first-order valence-corrected chi connectivity index (χ1v) is 23.7. The third kappa shape index (κ3) is 12.7. The van der Waals surface area contributed by atoms with E-state index in [1.165, 1.54) is 0 Å². The molecule has 0 N–H and O–H groups in total. The molecule has 1 saturated carbocycles. The van der Waals surface area contributed by atoms with Crippen molar-refractivity contribution in [1.29, 1.82) is 0 Å². The molecule has 0 aromatic rings. The second kappa shape index (κ2) is 10.9. The molecule has 3 unspecified atom stereocenters. The fraction of sp³-hybridized carbons (Fsp3) is 1.00. The predicted molar refractivity (Wildman–Crippen MR) is 123 cm³/mol. The number of halogens is 9. The smallest absolute Gasteiger partial charge is 0.126 e. The SMILES string of the molecule is Cl[Si](Cl)(Cl)CCC1CCC(CC[Si](Cl)(Cl)Cl)C(CC[Si](Cl)(Cl)Cl)C1. The van der Waals surface area contributed by atoms with Gasteiger partial charge in [0.1, 0.15) is 0 Å². The minimum absolute atomic E-state index is 0.505. The Balaban J connectivity index is 2.61. The molecule has 144 valence electrons. The summed E-state index contributed by atoms with van der Waals surface area (Å²) in [5, 5.41) is 0. The lowest BCUT2D eigenvalue weighted by Gasteiger charge is -2.37. The monoisotopic (exact) mass is 564 g/mol. The summed E-state index contributed by atoms with van der Waals surface area (Å²) in [6.07, 6.45) is 6.19. The lowest BCUT2D eigenvalue weighted by molar-refractivity contribution is 0.166. The standard InChI is InChI=1S/C12H21Cl9Si3/c13-22(14,15)6-3-10-1-2-11(4-7-23(16,17)18)12(9-10)5-8-24(19,20)21/h10-12H,1-9H2. The van der Waals surface area contributed by atoms with Gasteiger partial charge < -0.3 is 0 Å². The molecule has 0 heterocycles. The van der Waals surface area contributed by atoms with Crippen LogP contribution in [0, 0.1) is 17.8 Å². The maximum absolute atomic E-state index is 6.07. The summed E-state index contributed by atoms with van der Waals surface area (Å²) >= 11 is 54.4. The second-order valence-corrected chi connectivity index (χ2v) is 34.5. The molecule has 3 atom stereocenters. The van der Waals surface area contributed by atoms with Crippen LogP contribution in [0.1, 0.15) is 38.5 Å². The van der Waals surface area contributed by atoms with E-state index in [1.807, 2.05) is 0 Å². The third-order valence-corrected chi connectivity index (χ3v) is 12.4. The van der Waals surface area contributed by atoms with Crippen LogP contribution in [-0.2, 0) is 0 Å². The van der Waals surface area contributed by atoms with Crippen LogP contribution in [0.5, 0.6) is 0 Å². The van der Waals surface area contributed by atoms with Crippen LogP contribution < -0.4 is 0 Å². The maximum atomic E-state index is 6.07. The zero-order valence-corrected chi connectivity index (χ0v) is 22.8. The van der Waals surface area contributed by atoms with Gasteiger partial charge in [-0.15, -0.1) is 99.7 Å². The van der Waals surface area contributed by atoms with E-state index in [4.69, 9.17) is 99.7 Å². The normalized spacial score (nSPS) is 26.6. The molecule has 24 heavy (non-hydrogen) atoms. The van der Waals surface area contributed by atoms with Gasteiger partial charge in [0.2, 0.25) is 0 Å². The summed E-state index contributed by atoms with van der Waals surface area (Å²) < 4.78 is 0. The van der Waals surface area contributed by atoms with Gasteiger partial charge in [-0.3, -0.25) is 0 Å². The summed E-state index contributed by atoms with van der Waals surface area (Å²) in [4.78, 5) is 0. The molecule has 0 radical (unpaired) electrons. The molecule has 12 heteroatoms. The minimum Gasteiger partial charge on any atom is -0.126 e. The van der Waals surface area contributed by atoms with E-state index in [9.17, 15) is 0 Å².